The molecule has 2 aromatic carbocycles. The van der Waals surface area contributed by atoms with E-state index in [1.807, 2.05) is 36.2 Å². The van der Waals surface area contributed by atoms with Crippen molar-refractivity contribution in [2.45, 2.75) is 11.4 Å². The number of halogens is 1. The van der Waals surface area contributed by atoms with E-state index in [2.05, 4.69) is 15.9 Å². The zero-order chi connectivity index (χ0) is 21.2. The molecule has 0 spiro atoms. The summed E-state index contributed by atoms with van der Waals surface area (Å²) < 4.78 is 28.2. The van der Waals surface area contributed by atoms with Crippen molar-refractivity contribution in [1.29, 1.82) is 0 Å². The number of benzene rings is 2. The molecule has 0 atom stereocenters. The van der Waals surface area contributed by atoms with Gasteiger partial charge in [-0.05, 0) is 30.8 Å². The molecule has 29 heavy (non-hydrogen) atoms. The number of sulfonamides is 1. The summed E-state index contributed by atoms with van der Waals surface area (Å²) in [5.74, 6) is 0. The second-order valence-electron chi connectivity index (χ2n) is 7.06. The molecule has 0 bridgehead atoms. The van der Waals surface area contributed by atoms with E-state index >= 15 is 0 Å². The summed E-state index contributed by atoms with van der Waals surface area (Å²) in [6.45, 7) is 2.45. The van der Waals surface area contributed by atoms with E-state index in [-0.39, 0.29) is 10.6 Å². The molecular formula is C19H23BrN4O4S. The van der Waals surface area contributed by atoms with E-state index in [0.717, 1.165) is 10.0 Å². The standard InChI is InChI=1S/C19H23BrN4O4S/c1-21-9-11-23(12-10-21)29(27,28)16-7-8-18(19(13-16)24(25)26)22(2)14-15-5-3-4-6-17(15)20/h3-8,13H,9-12,14H2,1-2H3. The van der Waals surface area contributed by atoms with Gasteiger partial charge in [0.1, 0.15) is 5.69 Å². The summed E-state index contributed by atoms with van der Waals surface area (Å²) in [6.07, 6.45) is 0. The lowest BCUT2D eigenvalue weighted by molar-refractivity contribution is -0.384. The average Bonchev–Trinajstić information content (AvgIpc) is 2.69. The number of hydrogen-bond donors (Lipinski definition) is 0. The van der Waals surface area contributed by atoms with Crippen LogP contribution >= 0.6 is 15.9 Å². The zero-order valence-corrected chi connectivity index (χ0v) is 18.7. The lowest BCUT2D eigenvalue weighted by Crippen LogP contribution is -2.47. The first-order valence-electron chi connectivity index (χ1n) is 9.12. The van der Waals surface area contributed by atoms with Crippen LogP contribution in [0.2, 0.25) is 0 Å². The first-order chi connectivity index (χ1) is 13.7. The third kappa shape index (κ3) is 4.77. The third-order valence-electron chi connectivity index (χ3n) is 5.02. The van der Waals surface area contributed by atoms with Crippen LogP contribution in [0, 0.1) is 10.1 Å². The molecular weight excluding hydrogens is 460 g/mol. The Bertz CT molecular complexity index is 1010. The smallest absolute Gasteiger partial charge is 0.293 e. The highest BCUT2D eigenvalue weighted by Crippen LogP contribution is 2.33. The van der Waals surface area contributed by atoms with Crippen LogP contribution in [0.4, 0.5) is 11.4 Å². The van der Waals surface area contributed by atoms with Crippen LogP contribution < -0.4 is 4.90 Å². The molecule has 1 saturated heterocycles. The van der Waals surface area contributed by atoms with Crippen molar-refractivity contribution >= 4 is 37.3 Å². The van der Waals surface area contributed by atoms with Gasteiger partial charge in [-0.2, -0.15) is 4.31 Å². The minimum atomic E-state index is -3.77. The van der Waals surface area contributed by atoms with Crippen molar-refractivity contribution in [1.82, 2.24) is 9.21 Å². The fourth-order valence-electron chi connectivity index (χ4n) is 3.28. The molecule has 0 unspecified atom stereocenters. The normalized spacial score (nSPS) is 16.0. The molecule has 8 nitrogen and oxygen atoms in total. The van der Waals surface area contributed by atoms with Crippen LogP contribution in [-0.2, 0) is 16.6 Å². The van der Waals surface area contributed by atoms with Gasteiger partial charge in [0.25, 0.3) is 5.69 Å². The maximum Gasteiger partial charge on any atom is 0.293 e. The van der Waals surface area contributed by atoms with Gasteiger partial charge in [0, 0.05) is 50.3 Å². The number of nitro groups is 1. The zero-order valence-electron chi connectivity index (χ0n) is 16.3. The Hall–Kier alpha value is -2.01. The van der Waals surface area contributed by atoms with Crippen LogP contribution in [0.1, 0.15) is 5.56 Å². The van der Waals surface area contributed by atoms with Gasteiger partial charge < -0.3 is 9.80 Å². The Balaban J connectivity index is 1.91. The highest BCUT2D eigenvalue weighted by molar-refractivity contribution is 9.10. The molecule has 1 aliphatic rings. The van der Waals surface area contributed by atoms with Crippen LogP contribution in [0.5, 0.6) is 0 Å². The molecule has 0 aromatic heterocycles. The van der Waals surface area contributed by atoms with Crippen LogP contribution in [-0.4, -0.2) is 62.8 Å². The van der Waals surface area contributed by atoms with Gasteiger partial charge >= 0.3 is 0 Å². The minimum absolute atomic E-state index is 0.0493. The summed E-state index contributed by atoms with van der Waals surface area (Å²) in [7, 11) is -0.0919. The topological polar surface area (TPSA) is 87.0 Å². The maximum absolute atomic E-state index is 13.0. The molecule has 156 valence electrons. The molecule has 0 aliphatic carbocycles. The van der Waals surface area contributed by atoms with E-state index < -0.39 is 14.9 Å². The van der Waals surface area contributed by atoms with E-state index in [1.54, 1.807) is 11.9 Å². The fraction of sp³-hybridized carbons (Fsp3) is 0.368. The van der Waals surface area contributed by atoms with Gasteiger partial charge in [-0.3, -0.25) is 10.1 Å². The van der Waals surface area contributed by atoms with Crippen LogP contribution in [0.25, 0.3) is 0 Å². The lowest BCUT2D eigenvalue weighted by Gasteiger charge is -2.31. The quantitative estimate of drug-likeness (QED) is 0.464. The monoisotopic (exact) mass is 482 g/mol. The molecule has 10 heteroatoms. The summed E-state index contributed by atoms with van der Waals surface area (Å²) >= 11 is 3.48. The Morgan fingerprint density at radius 1 is 1.14 bits per heavy atom. The molecule has 1 aliphatic heterocycles. The SMILES string of the molecule is CN1CCN(S(=O)(=O)c2ccc(N(C)Cc3ccccc3Br)c([N+](=O)[O-])c2)CC1. The Labute approximate surface area is 179 Å². The van der Waals surface area contributed by atoms with Gasteiger partial charge in [-0.15, -0.1) is 0 Å². The number of piperazine rings is 1. The van der Waals surface area contributed by atoms with E-state index in [4.69, 9.17) is 0 Å². The number of rotatable bonds is 6. The van der Waals surface area contributed by atoms with E-state index in [0.29, 0.717) is 38.4 Å². The van der Waals surface area contributed by atoms with Crippen molar-refractivity contribution < 1.29 is 13.3 Å². The highest BCUT2D eigenvalue weighted by atomic mass is 79.9. The van der Waals surface area contributed by atoms with Crippen molar-refractivity contribution in [2.75, 3.05) is 45.2 Å². The fourth-order valence-corrected chi connectivity index (χ4v) is 5.13. The molecule has 2 aromatic rings. The molecule has 1 heterocycles. The van der Waals surface area contributed by atoms with Crippen LogP contribution in [0.15, 0.2) is 51.8 Å². The average molecular weight is 483 g/mol. The molecule has 0 radical (unpaired) electrons. The van der Waals surface area contributed by atoms with Crippen molar-refractivity contribution in [3.05, 3.63) is 62.6 Å². The largest absolute Gasteiger partial charge is 0.365 e. The molecule has 0 amide bonds. The number of anilines is 1. The summed E-state index contributed by atoms with van der Waals surface area (Å²) in [5.41, 5.74) is 1.11. The van der Waals surface area contributed by atoms with Gasteiger partial charge in [0.2, 0.25) is 10.0 Å². The third-order valence-corrected chi connectivity index (χ3v) is 7.69. The first-order valence-corrected chi connectivity index (χ1v) is 11.3. The van der Waals surface area contributed by atoms with E-state index in [1.165, 1.54) is 22.5 Å². The first kappa shape index (κ1) is 21.7. The number of nitro benzene ring substituents is 1. The van der Waals surface area contributed by atoms with Crippen molar-refractivity contribution in [3.8, 4) is 0 Å². The number of hydrogen-bond acceptors (Lipinski definition) is 6. The second kappa shape index (κ2) is 8.78. The van der Waals surface area contributed by atoms with Crippen molar-refractivity contribution in [3.63, 3.8) is 0 Å². The summed E-state index contributed by atoms with van der Waals surface area (Å²) in [4.78, 5) is 14.9. The number of likely N-dealkylation sites (N-methyl/N-ethyl adjacent to an activating group) is 1. The predicted molar refractivity (Wildman–Crippen MR) is 116 cm³/mol. The summed E-state index contributed by atoms with van der Waals surface area (Å²) in [6, 6.07) is 11.8. The minimum Gasteiger partial charge on any atom is -0.365 e. The Morgan fingerprint density at radius 2 is 1.79 bits per heavy atom. The van der Waals surface area contributed by atoms with Gasteiger partial charge in [-0.25, -0.2) is 8.42 Å². The number of nitrogens with zero attached hydrogens (tertiary/aromatic N) is 4. The lowest BCUT2D eigenvalue weighted by atomic mass is 10.2. The van der Waals surface area contributed by atoms with Gasteiger partial charge in [0.15, 0.2) is 0 Å². The molecule has 0 N–H and O–H groups in total. The predicted octanol–water partition coefficient (Wildman–Crippen LogP) is 2.93. The van der Waals surface area contributed by atoms with Crippen LogP contribution in [0.3, 0.4) is 0 Å². The molecule has 3 rings (SSSR count). The van der Waals surface area contributed by atoms with Crippen molar-refractivity contribution in [2.24, 2.45) is 0 Å². The summed E-state index contributed by atoms with van der Waals surface area (Å²) in [5, 5.41) is 11.7. The van der Waals surface area contributed by atoms with Gasteiger partial charge in [0.05, 0.1) is 9.82 Å². The molecule has 0 saturated carbocycles. The van der Waals surface area contributed by atoms with Gasteiger partial charge in [-0.1, -0.05) is 34.1 Å². The molecule has 1 fully saturated rings. The maximum atomic E-state index is 13.0. The Morgan fingerprint density at radius 3 is 2.41 bits per heavy atom. The highest BCUT2D eigenvalue weighted by Gasteiger charge is 2.30. The second-order valence-corrected chi connectivity index (χ2v) is 9.85. The Kier molecular flexibility index (Phi) is 6.57. The van der Waals surface area contributed by atoms with E-state index in [9.17, 15) is 18.5 Å².